The molecule has 0 aliphatic rings. The van der Waals surface area contributed by atoms with Gasteiger partial charge in [-0.05, 0) is 30.3 Å². The van der Waals surface area contributed by atoms with E-state index < -0.39 is 41.7 Å². The van der Waals surface area contributed by atoms with Crippen LogP contribution in [0.3, 0.4) is 0 Å². The van der Waals surface area contributed by atoms with Crippen LogP contribution in [-0.2, 0) is 9.84 Å². The maximum Gasteiger partial charge on any atom is 0.283 e. The number of anilines is 1. The van der Waals surface area contributed by atoms with Gasteiger partial charge in [0.15, 0.2) is 0 Å². The fourth-order valence-corrected chi connectivity index (χ4v) is 4.40. The topological polar surface area (TPSA) is 159 Å². The van der Waals surface area contributed by atoms with Gasteiger partial charge in [-0.3, -0.25) is 25.0 Å². The number of ether oxygens (including phenoxy) is 1. The molecule has 0 radical (unpaired) electrons. The largest absolute Gasteiger partial charge is 0.495 e. The highest BCUT2D eigenvalue weighted by Gasteiger charge is 2.32. The third kappa shape index (κ3) is 4.25. The highest BCUT2D eigenvalue weighted by Crippen LogP contribution is 2.32. The SMILES string of the molecule is COc1ccccc1NC(=O)c1c([N+](=O)[O-])cccc1S(=O)(=O)c1ccc([N+](=O)[O-])cc1. The van der Waals surface area contributed by atoms with Crippen molar-refractivity contribution in [3.63, 3.8) is 0 Å². The molecular weight excluding hydrogens is 442 g/mol. The Bertz CT molecular complexity index is 1320. The average Bonchev–Trinajstić information content (AvgIpc) is 2.78. The van der Waals surface area contributed by atoms with Gasteiger partial charge in [-0.15, -0.1) is 0 Å². The fourth-order valence-electron chi connectivity index (χ4n) is 2.93. The lowest BCUT2D eigenvalue weighted by Gasteiger charge is -2.13. The number of nitrogens with one attached hydrogen (secondary N) is 1. The molecular formula is C20H15N3O8S. The fraction of sp³-hybridized carbons (Fsp3) is 0.0500. The summed E-state index contributed by atoms with van der Waals surface area (Å²) in [5.41, 5.74) is -1.56. The molecule has 0 aliphatic carbocycles. The second kappa shape index (κ2) is 8.81. The van der Waals surface area contributed by atoms with Gasteiger partial charge in [0.2, 0.25) is 9.84 Å². The van der Waals surface area contributed by atoms with E-state index in [9.17, 15) is 33.4 Å². The third-order valence-electron chi connectivity index (χ3n) is 4.43. The molecule has 0 saturated carbocycles. The van der Waals surface area contributed by atoms with Gasteiger partial charge in [0.05, 0.1) is 32.4 Å². The van der Waals surface area contributed by atoms with Crippen LogP contribution in [0.5, 0.6) is 5.75 Å². The van der Waals surface area contributed by atoms with Crippen molar-refractivity contribution in [3.8, 4) is 5.75 Å². The summed E-state index contributed by atoms with van der Waals surface area (Å²) in [4.78, 5) is 32.9. The number of nitro benzene ring substituents is 2. The maximum atomic E-state index is 13.2. The van der Waals surface area contributed by atoms with Crippen molar-refractivity contribution >= 4 is 32.8 Å². The molecule has 0 heterocycles. The molecule has 3 rings (SSSR count). The zero-order chi connectivity index (χ0) is 23.5. The Labute approximate surface area is 181 Å². The van der Waals surface area contributed by atoms with Crippen molar-refractivity contribution in [1.29, 1.82) is 0 Å². The number of methoxy groups -OCH3 is 1. The van der Waals surface area contributed by atoms with Gasteiger partial charge in [0, 0.05) is 18.2 Å². The van der Waals surface area contributed by atoms with Crippen molar-refractivity contribution in [2.45, 2.75) is 9.79 Å². The molecule has 32 heavy (non-hydrogen) atoms. The van der Waals surface area contributed by atoms with E-state index in [2.05, 4.69) is 5.32 Å². The molecule has 0 unspecified atom stereocenters. The molecule has 164 valence electrons. The Morgan fingerprint density at radius 3 is 2.16 bits per heavy atom. The monoisotopic (exact) mass is 457 g/mol. The highest BCUT2D eigenvalue weighted by atomic mass is 32.2. The third-order valence-corrected chi connectivity index (χ3v) is 6.24. The number of hydrogen-bond donors (Lipinski definition) is 1. The van der Waals surface area contributed by atoms with Crippen LogP contribution < -0.4 is 10.1 Å². The van der Waals surface area contributed by atoms with Crippen LogP contribution in [0.1, 0.15) is 10.4 Å². The molecule has 12 heteroatoms. The predicted octanol–water partition coefficient (Wildman–Crippen LogP) is 3.60. The lowest BCUT2D eigenvalue weighted by molar-refractivity contribution is -0.385. The molecule has 0 aromatic heterocycles. The quantitative estimate of drug-likeness (QED) is 0.416. The smallest absolute Gasteiger partial charge is 0.283 e. The number of non-ortho nitro benzene ring substituents is 1. The lowest BCUT2D eigenvalue weighted by atomic mass is 10.1. The van der Waals surface area contributed by atoms with Gasteiger partial charge in [-0.25, -0.2) is 8.42 Å². The minimum Gasteiger partial charge on any atom is -0.495 e. The summed E-state index contributed by atoms with van der Waals surface area (Å²) in [6.45, 7) is 0. The van der Waals surface area contributed by atoms with E-state index in [1.807, 2.05) is 0 Å². The Balaban J connectivity index is 2.15. The molecule has 0 saturated heterocycles. The van der Waals surface area contributed by atoms with Crippen molar-refractivity contribution in [3.05, 3.63) is 92.5 Å². The van der Waals surface area contributed by atoms with Gasteiger partial charge < -0.3 is 10.1 Å². The van der Waals surface area contributed by atoms with E-state index in [1.165, 1.54) is 13.2 Å². The van der Waals surface area contributed by atoms with E-state index in [0.717, 1.165) is 42.5 Å². The second-order valence-electron chi connectivity index (χ2n) is 6.32. The zero-order valence-electron chi connectivity index (χ0n) is 16.4. The Morgan fingerprint density at radius 2 is 1.56 bits per heavy atom. The standard InChI is InChI=1S/C20H15N3O8S/c1-31-17-7-3-2-5-15(17)21-20(24)19-16(23(27)28)6-4-8-18(19)32(29,30)14-11-9-13(10-12-14)22(25)26/h2-12H,1H3,(H,21,24). The number of benzene rings is 3. The van der Waals surface area contributed by atoms with Gasteiger partial charge in [-0.2, -0.15) is 0 Å². The van der Waals surface area contributed by atoms with Crippen LogP contribution >= 0.6 is 0 Å². The Hall–Kier alpha value is -4.32. The molecule has 0 atom stereocenters. The minimum absolute atomic E-state index is 0.178. The first kappa shape index (κ1) is 22.4. The van der Waals surface area contributed by atoms with Crippen molar-refractivity contribution in [1.82, 2.24) is 0 Å². The second-order valence-corrected chi connectivity index (χ2v) is 8.23. The summed E-state index contributed by atoms with van der Waals surface area (Å²) in [6, 6.07) is 13.4. The number of amides is 1. The summed E-state index contributed by atoms with van der Waals surface area (Å²) in [5.74, 6) is -0.776. The number of hydrogen-bond acceptors (Lipinski definition) is 8. The highest BCUT2D eigenvalue weighted by molar-refractivity contribution is 7.91. The van der Waals surface area contributed by atoms with E-state index in [-0.39, 0.29) is 22.0 Å². The lowest BCUT2D eigenvalue weighted by Crippen LogP contribution is -2.19. The summed E-state index contributed by atoms with van der Waals surface area (Å²) in [5, 5.41) is 24.8. The number of para-hydroxylation sites is 2. The normalized spacial score (nSPS) is 10.9. The van der Waals surface area contributed by atoms with Crippen LogP contribution in [0.15, 0.2) is 76.5 Å². The average molecular weight is 457 g/mol. The first-order valence-electron chi connectivity index (χ1n) is 8.88. The Kier molecular flexibility index (Phi) is 6.16. The van der Waals surface area contributed by atoms with E-state index in [1.54, 1.807) is 18.2 Å². The van der Waals surface area contributed by atoms with Crippen LogP contribution in [0, 0.1) is 20.2 Å². The number of carbonyl (C=O) groups excluding carboxylic acids is 1. The minimum atomic E-state index is -4.44. The molecule has 3 aromatic rings. The van der Waals surface area contributed by atoms with E-state index >= 15 is 0 Å². The Morgan fingerprint density at radius 1 is 0.906 bits per heavy atom. The molecule has 3 aromatic carbocycles. The summed E-state index contributed by atoms with van der Waals surface area (Å²) < 4.78 is 31.5. The van der Waals surface area contributed by atoms with Crippen LogP contribution in [0.4, 0.5) is 17.1 Å². The van der Waals surface area contributed by atoms with Gasteiger partial charge >= 0.3 is 0 Å². The van der Waals surface area contributed by atoms with Gasteiger partial charge in [0.1, 0.15) is 11.3 Å². The summed E-state index contributed by atoms with van der Waals surface area (Å²) in [7, 11) is -3.08. The van der Waals surface area contributed by atoms with Crippen molar-refractivity contribution in [2.75, 3.05) is 12.4 Å². The van der Waals surface area contributed by atoms with Crippen LogP contribution in [-0.4, -0.2) is 31.3 Å². The van der Waals surface area contributed by atoms with E-state index in [4.69, 9.17) is 4.74 Å². The summed E-state index contributed by atoms with van der Waals surface area (Å²) >= 11 is 0. The van der Waals surface area contributed by atoms with Gasteiger partial charge in [0.25, 0.3) is 17.3 Å². The van der Waals surface area contributed by atoms with Crippen LogP contribution in [0.25, 0.3) is 0 Å². The molecule has 11 nitrogen and oxygen atoms in total. The first-order chi connectivity index (χ1) is 15.2. The van der Waals surface area contributed by atoms with Crippen LogP contribution in [0.2, 0.25) is 0 Å². The van der Waals surface area contributed by atoms with Crippen molar-refractivity contribution in [2.24, 2.45) is 0 Å². The molecule has 1 amide bonds. The maximum absolute atomic E-state index is 13.2. The number of carbonyl (C=O) groups is 1. The van der Waals surface area contributed by atoms with E-state index in [0.29, 0.717) is 0 Å². The molecule has 0 fully saturated rings. The number of nitrogens with zero attached hydrogens (tertiary/aromatic N) is 2. The molecule has 0 spiro atoms. The molecule has 1 N–H and O–H groups in total. The predicted molar refractivity (Wildman–Crippen MR) is 113 cm³/mol. The summed E-state index contributed by atoms with van der Waals surface area (Å²) in [6.07, 6.45) is 0. The number of sulfone groups is 1. The number of nitro groups is 2. The zero-order valence-corrected chi connectivity index (χ0v) is 17.2. The van der Waals surface area contributed by atoms with Crippen molar-refractivity contribution < 1.29 is 27.8 Å². The number of rotatable bonds is 7. The molecule has 0 aliphatic heterocycles. The molecule has 0 bridgehead atoms. The van der Waals surface area contributed by atoms with Gasteiger partial charge in [-0.1, -0.05) is 18.2 Å². The first-order valence-corrected chi connectivity index (χ1v) is 10.4.